The van der Waals surface area contributed by atoms with E-state index in [0.29, 0.717) is 12.6 Å². The summed E-state index contributed by atoms with van der Waals surface area (Å²) in [5.41, 5.74) is 1.06. The molecule has 0 aliphatic carbocycles. The maximum atomic E-state index is 10.8. The summed E-state index contributed by atoms with van der Waals surface area (Å²) in [5.74, 6) is -0.987. The Morgan fingerprint density at radius 1 is 1.67 bits per heavy atom. The average molecular weight is 250 g/mol. The van der Waals surface area contributed by atoms with Gasteiger partial charge in [-0.25, -0.2) is 9.78 Å². The van der Waals surface area contributed by atoms with Gasteiger partial charge in [0.05, 0.1) is 6.10 Å². The number of aromatic carboxylic acids is 1. The number of carbonyl (C=O) groups is 1. The molecule has 5 nitrogen and oxygen atoms in total. The molecule has 1 N–H and O–H groups in total. The largest absolute Gasteiger partial charge is 0.477 e. The molecule has 0 amide bonds. The molecule has 1 aliphatic heterocycles. The molecular formula is C13H18N2O3. The van der Waals surface area contributed by atoms with Crippen molar-refractivity contribution < 1.29 is 14.6 Å². The number of carboxylic acid groups (broad SMARTS) is 1. The predicted octanol–water partition coefficient (Wildman–Crippen LogP) is 1.39. The number of aromatic nitrogens is 1. The first-order chi connectivity index (χ1) is 8.65. The van der Waals surface area contributed by atoms with Gasteiger partial charge in [0.2, 0.25) is 0 Å². The summed E-state index contributed by atoms with van der Waals surface area (Å²) >= 11 is 0. The van der Waals surface area contributed by atoms with Gasteiger partial charge in [0.15, 0.2) is 0 Å². The van der Waals surface area contributed by atoms with E-state index in [0.717, 1.165) is 31.6 Å². The lowest BCUT2D eigenvalue weighted by atomic mass is 10.2. The monoisotopic (exact) mass is 250 g/mol. The second-order valence-corrected chi connectivity index (χ2v) is 4.69. The molecule has 0 spiro atoms. The Bertz CT molecular complexity index is 416. The van der Waals surface area contributed by atoms with Crippen LogP contribution in [-0.4, -0.2) is 47.3 Å². The Morgan fingerprint density at radius 2 is 2.50 bits per heavy atom. The van der Waals surface area contributed by atoms with Gasteiger partial charge in [-0.05, 0) is 37.6 Å². The van der Waals surface area contributed by atoms with E-state index in [-0.39, 0.29) is 5.69 Å². The van der Waals surface area contributed by atoms with Crippen molar-refractivity contribution in [3.05, 3.63) is 29.6 Å². The van der Waals surface area contributed by atoms with Crippen LogP contribution in [0.3, 0.4) is 0 Å². The predicted molar refractivity (Wildman–Crippen MR) is 66.5 cm³/mol. The van der Waals surface area contributed by atoms with Crippen molar-refractivity contribution >= 4 is 5.97 Å². The first-order valence-corrected chi connectivity index (χ1v) is 6.13. The van der Waals surface area contributed by atoms with Crippen LogP contribution in [0.5, 0.6) is 0 Å². The fourth-order valence-corrected chi connectivity index (χ4v) is 2.20. The molecule has 98 valence electrons. The summed E-state index contributed by atoms with van der Waals surface area (Å²) in [7, 11) is 2.02. The molecule has 0 bridgehead atoms. The smallest absolute Gasteiger partial charge is 0.354 e. The van der Waals surface area contributed by atoms with E-state index >= 15 is 0 Å². The van der Waals surface area contributed by atoms with Crippen LogP contribution in [0.4, 0.5) is 0 Å². The van der Waals surface area contributed by atoms with Crippen LogP contribution in [0.25, 0.3) is 0 Å². The molecule has 0 aromatic carbocycles. The minimum Gasteiger partial charge on any atom is -0.477 e. The summed E-state index contributed by atoms with van der Waals surface area (Å²) in [5, 5.41) is 8.88. The van der Waals surface area contributed by atoms with E-state index in [2.05, 4.69) is 9.88 Å². The van der Waals surface area contributed by atoms with E-state index in [1.165, 1.54) is 0 Å². The van der Waals surface area contributed by atoms with Crippen molar-refractivity contribution in [2.75, 3.05) is 20.2 Å². The van der Waals surface area contributed by atoms with Crippen LogP contribution in [0.2, 0.25) is 0 Å². The van der Waals surface area contributed by atoms with Gasteiger partial charge in [0.1, 0.15) is 5.69 Å². The van der Waals surface area contributed by atoms with Gasteiger partial charge in [-0.2, -0.15) is 0 Å². The van der Waals surface area contributed by atoms with Crippen molar-refractivity contribution in [2.45, 2.75) is 25.5 Å². The standard InChI is InChI=1S/C13H18N2O3/c1-15(9-11-3-2-6-18-11)8-10-4-5-14-12(7-10)13(16)17/h4-5,7,11H,2-3,6,8-9H2,1H3,(H,16,17). The summed E-state index contributed by atoms with van der Waals surface area (Å²) in [6.07, 6.45) is 4.10. The van der Waals surface area contributed by atoms with Crippen LogP contribution < -0.4 is 0 Å². The van der Waals surface area contributed by atoms with Gasteiger partial charge in [-0.15, -0.1) is 0 Å². The van der Waals surface area contributed by atoms with Crippen LogP contribution in [0.1, 0.15) is 28.9 Å². The van der Waals surface area contributed by atoms with E-state index < -0.39 is 5.97 Å². The van der Waals surface area contributed by atoms with E-state index in [4.69, 9.17) is 9.84 Å². The van der Waals surface area contributed by atoms with Crippen molar-refractivity contribution in [2.24, 2.45) is 0 Å². The van der Waals surface area contributed by atoms with Gasteiger partial charge in [0, 0.05) is 25.9 Å². The van der Waals surface area contributed by atoms with Crippen LogP contribution in [-0.2, 0) is 11.3 Å². The first kappa shape index (κ1) is 13.0. The second-order valence-electron chi connectivity index (χ2n) is 4.69. The highest BCUT2D eigenvalue weighted by molar-refractivity contribution is 5.85. The molecule has 1 aliphatic rings. The van der Waals surface area contributed by atoms with E-state index in [1.807, 2.05) is 13.1 Å². The Morgan fingerprint density at radius 3 is 3.17 bits per heavy atom. The number of hydrogen-bond acceptors (Lipinski definition) is 4. The van der Waals surface area contributed by atoms with Crippen molar-refractivity contribution in [3.63, 3.8) is 0 Å². The molecule has 1 unspecified atom stereocenters. The summed E-state index contributed by atoms with van der Waals surface area (Å²) in [6, 6.07) is 3.47. The number of likely N-dealkylation sites (N-methyl/N-ethyl adjacent to an activating group) is 1. The lowest BCUT2D eigenvalue weighted by molar-refractivity contribution is 0.0689. The highest BCUT2D eigenvalue weighted by atomic mass is 16.5. The molecule has 5 heteroatoms. The zero-order valence-corrected chi connectivity index (χ0v) is 10.5. The zero-order chi connectivity index (χ0) is 13.0. The molecule has 18 heavy (non-hydrogen) atoms. The average Bonchev–Trinajstić information content (AvgIpc) is 2.82. The Balaban J connectivity index is 1.91. The molecule has 1 saturated heterocycles. The number of nitrogens with zero attached hydrogens (tertiary/aromatic N) is 2. The van der Waals surface area contributed by atoms with Gasteiger partial charge in [0.25, 0.3) is 0 Å². The molecule has 1 aromatic heterocycles. The van der Waals surface area contributed by atoms with Crippen LogP contribution >= 0.6 is 0 Å². The van der Waals surface area contributed by atoms with Crippen LogP contribution in [0, 0.1) is 0 Å². The highest BCUT2D eigenvalue weighted by Crippen LogP contribution is 2.14. The quantitative estimate of drug-likeness (QED) is 0.855. The third-order valence-electron chi connectivity index (χ3n) is 3.04. The molecule has 2 rings (SSSR count). The normalized spacial score (nSPS) is 19.3. The van der Waals surface area contributed by atoms with Crippen molar-refractivity contribution in [1.82, 2.24) is 9.88 Å². The second kappa shape index (κ2) is 5.93. The molecule has 0 radical (unpaired) electrons. The third-order valence-corrected chi connectivity index (χ3v) is 3.04. The van der Waals surface area contributed by atoms with Crippen LogP contribution in [0.15, 0.2) is 18.3 Å². The van der Waals surface area contributed by atoms with Crippen molar-refractivity contribution in [3.8, 4) is 0 Å². The van der Waals surface area contributed by atoms with Gasteiger partial charge >= 0.3 is 5.97 Å². The van der Waals surface area contributed by atoms with Crippen molar-refractivity contribution in [1.29, 1.82) is 0 Å². The van der Waals surface area contributed by atoms with Gasteiger partial charge in [-0.1, -0.05) is 0 Å². The number of pyridine rings is 1. The summed E-state index contributed by atoms with van der Waals surface area (Å²) in [6.45, 7) is 2.45. The van der Waals surface area contributed by atoms with Gasteiger partial charge < -0.3 is 9.84 Å². The molecule has 1 atom stereocenters. The molecular weight excluding hydrogens is 232 g/mol. The Hall–Kier alpha value is -1.46. The van der Waals surface area contributed by atoms with Gasteiger partial charge in [-0.3, -0.25) is 4.90 Å². The fraction of sp³-hybridized carbons (Fsp3) is 0.538. The molecule has 0 saturated carbocycles. The first-order valence-electron chi connectivity index (χ1n) is 6.13. The Labute approximate surface area is 106 Å². The minimum atomic E-state index is -0.987. The maximum Gasteiger partial charge on any atom is 0.354 e. The SMILES string of the molecule is CN(Cc1ccnc(C(=O)O)c1)CC1CCCO1. The van der Waals surface area contributed by atoms with E-state index in [1.54, 1.807) is 12.3 Å². The fourth-order valence-electron chi connectivity index (χ4n) is 2.20. The topological polar surface area (TPSA) is 62.7 Å². The summed E-state index contributed by atoms with van der Waals surface area (Å²) in [4.78, 5) is 16.8. The molecule has 2 heterocycles. The number of ether oxygens (including phenoxy) is 1. The third kappa shape index (κ3) is 3.51. The lowest BCUT2D eigenvalue weighted by Crippen LogP contribution is -2.28. The Kier molecular flexibility index (Phi) is 4.28. The minimum absolute atomic E-state index is 0.0954. The highest BCUT2D eigenvalue weighted by Gasteiger charge is 2.17. The number of hydrogen-bond donors (Lipinski definition) is 1. The maximum absolute atomic E-state index is 10.8. The summed E-state index contributed by atoms with van der Waals surface area (Å²) < 4.78 is 5.58. The molecule has 1 aromatic rings. The molecule has 1 fully saturated rings. The van der Waals surface area contributed by atoms with E-state index in [9.17, 15) is 4.79 Å². The zero-order valence-electron chi connectivity index (χ0n) is 10.5. The lowest BCUT2D eigenvalue weighted by Gasteiger charge is -2.20. The number of rotatable bonds is 5. The number of carboxylic acids is 1.